The predicted octanol–water partition coefficient (Wildman–Crippen LogP) is 1.17. The van der Waals surface area contributed by atoms with Crippen molar-refractivity contribution in [2.45, 2.75) is 122 Å². The molecule has 2 aromatic rings. The number of unbranched alkanes of at least 4 members (excludes halogenated alkanes) is 7. The van der Waals surface area contributed by atoms with Gasteiger partial charge in [0.05, 0.1) is 27.4 Å². The number of phosphoric acid groups is 3. The Hall–Kier alpha value is -2.96. The van der Waals surface area contributed by atoms with Crippen LogP contribution in [0, 0.1) is 5.41 Å². The lowest BCUT2D eigenvalue weighted by atomic mass is 9.87. The van der Waals surface area contributed by atoms with E-state index in [-0.39, 0.29) is 41.6 Å². The van der Waals surface area contributed by atoms with Gasteiger partial charge < -0.3 is 69.0 Å². The van der Waals surface area contributed by atoms with E-state index >= 15 is 0 Å². The number of hydrogen-bond acceptors (Lipinski definition) is 22. The van der Waals surface area contributed by atoms with Crippen LogP contribution < -0.4 is 35.9 Å². The van der Waals surface area contributed by atoms with Gasteiger partial charge in [-0.25, -0.2) is 19.3 Å². The van der Waals surface area contributed by atoms with E-state index in [0.717, 1.165) is 86.8 Å². The van der Waals surface area contributed by atoms with Crippen LogP contribution in [0.2, 0.25) is 0 Å². The maximum atomic E-state index is 12.6. The first-order valence-electron chi connectivity index (χ1n) is 20.8. The van der Waals surface area contributed by atoms with Gasteiger partial charge in [-0.3, -0.25) is 28.1 Å². The molecule has 1 aliphatic heterocycles. The summed E-state index contributed by atoms with van der Waals surface area (Å²) < 4.78 is 60.8. The van der Waals surface area contributed by atoms with E-state index in [4.69, 9.17) is 10.5 Å². The van der Waals surface area contributed by atoms with E-state index < -0.39 is 84.6 Å². The highest BCUT2D eigenvalue weighted by atomic mass is 32.2. The largest absolute Gasteiger partial charge is 0.790 e. The molecule has 1 fully saturated rings. The summed E-state index contributed by atoms with van der Waals surface area (Å²) in [6, 6.07) is 0. The fourth-order valence-electron chi connectivity index (χ4n) is 6.10. The number of thioether (sulfide) groups is 1. The van der Waals surface area contributed by atoms with Gasteiger partial charge in [-0.2, -0.15) is 0 Å². The highest BCUT2D eigenvalue weighted by Gasteiger charge is 2.47. The normalized spacial score (nSPS) is 20.6. The number of phosphoric ester groups is 3. The molecule has 6 N–H and O–H groups in total. The number of carbonyl (C=O) groups is 3. The second-order valence-electron chi connectivity index (χ2n) is 15.5. The zero-order valence-corrected chi connectivity index (χ0v) is 39.8. The molecule has 2 aromatic heterocycles. The summed E-state index contributed by atoms with van der Waals surface area (Å²) in [5.41, 5.74) is 4.08. The van der Waals surface area contributed by atoms with Gasteiger partial charge in [0.2, 0.25) is 11.8 Å². The van der Waals surface area contributed by atoms with Crippen molar-refractivity contribution in [3.8, 4) is 0 Å². The van der Waals surface area contributed by atoms with E-state index in [0.29, 0.717) is 12.2 Å². The number of nitrogens with two attached hydrogens (primary N) is 1. The van der Waals surface area contributed by atoms with Gasteiger partial charge >= 0.3 is 0 Å². The quantitative estimate of drug-likeness (QED) is 0.0402. The van der Waals surface area contributed by atoms with Crippen LogP contribution >= 0.6 is 35.2 Å². The first kappa shape index (κ1) is 56.4. The van der Waals surface area contributed by atoms with Crippen molar-refractivity contribution in [2.75, 3.05) is 37.8 Å². The molecule has 3 rings (SSSR count). The molecule has 7 atom stereocenters. The topological polar surface area (TPSA) is 375 Å². The number of aromatic nitrogens is 4. The van der Waals surface area contributed by atoms with Gasteiger partial charge in [0.15, 0.2) is 22.8 Å². The molecule has 2 amide bonds. The number of aliphatic hydroxyl groups is 2. The van der Waals surface area contributed by atoms with Crippen molar-refractivity contribution >= 4 is 69.1 Å². The van der Waals surface area contributed by atoms with E-state index in [1.54, 1.807) is 0 Å². The van der Waals surface area contributed by atoms with Gasteiger partial charge in [0.25, 0.3) is 15.6 Å². The third kappa shape index (κ3) is 20.4. The number of imidazole rings is 1. The monoisotopic (exact) mass is 997 g/mol. The number of anilines is 1. The average Bonchev–Trinajstić information content (AvgIpc) is 3.79. The molecule has 0 bridgehead atoms. The lowest BCUT2D eigenvalue weighted by molar-refractivity contribution is -0.347. The zero-order chi connectivity index (χ0) is 48.3. The number of ether oxygens (including phenoxy) is 1. The fourth-order valence-corrected chi connectivity index (χ4v) is 9.56. The minimum atomic E-state index is -5.92. The number of amides is 2. The Bertz CT molecular complexity index is 2050. The highest BCUT2D eigenvalue weighted by Crippen LogP contribution is 2.56. The first-order valence-corrected chi connectivity index (χ1v) is 26.2. The van der Waals surface area contributed by atoms with E-state index in [1.807, 2.05) is 0 Å². The molecule has 0 radical (unpaired) electrons. The van der Waals surface area contributed by atoms with Crippen LogP contribution in [0.25, 0.3) is 11.2 Å². The Morgan fingerprint density at radius 3 is 2.31 bits per heavy atom. The molecular formula is C37H58N7O17P3S-4. The van der Waals surface area contributed by atoms with Crippen molar-refractivity contribution in [1.82, 2.24) is 30.2 Å². The summed E-state index contributed by atoms with van der Waals surface area (Å²) in [5, 5.41) is 26.4. The lowest BCUT2D eigenvalue weighted by Gasteiger charge is -2.36. The van der Waals surface area contributed by atoms with Crippen LogP contribution in [0.5, 0.6) is 0 Å². The standard InChI is InChI=1S/C37H62N7O17P3S/c1-4-5-6-7-8-9-10-11-12-13-14-15-16-17-28(46)65-21-20-39-27(45)18-19-40-35(49)32(48)37(2,3)23-58-64(55,56)61-63(53,54)57-22-26-31(60-62(50,51)52)30(47)36(59-26)44-25-43-29-33(38)41-24-42-34(29)44/h6-9,24-26,30-32,36,47-48H,4-5,10-23H2,1-3H3,(H,39,45)(H,40,49)(H,53,54)(H,55,56)(H2,38,41,42)(H2,50,51,52)/p-4/b7-6-,9-8-/t26-,30-,31-,32+,36-/m1/s1. The van der Waals surface area contributed by atoms with Crippen LogP contribution in [0.15, 0.2) is 37.0 Å². The number of allylic oxidation sites excluding steroid dienone is 4. The predicted molar refractivity (Wildman–Crippen MR) is 228 cm³/mol. The molecule has 24 nitrogen and oxygen atoms in total. The first-order chi connectivity index (χ1) is 30.6. The lowest BCUT2D eigenvalue weighted by Crippen LogP contribution is -2.46. The third-order valence-electron chi connectivity index (χ3n) is 9.58. The van der Waals surface area contributed by atoms with Gasteiger partial charge in [-0.1, -0.05) is 88.9 Å². The molecule has 1 aliphatic rings. The highest BCUT2D eigenvalue weighted by molar-refractivity contribution is 8.13. The summed E-state index contributed by atoms with van der Waals surface area (Å²) in [7, 11) is -17.6. The molecule has 368 valence electrons. The molecule has 65 heavy (non-hydrogen) atoms. The second-order valence-corrected chi connectivity index (χ2v) is 20.7. The van der Waals surface area contributed by atoms with E-state index in [2.05, 4.69) is 74.7 Å². The summed E-state index contributed by atoms with van der Waals surface area (Å²) in [4.78, 5) is 96.7. The molecule has 3 heterocycles. The number of carbonyl (C=O) groups excluding carboxylic acids is 3. The zero-order valence-electron chi connectivity index (χ0n) is 36.3. The van der Waals surface area contributed by atoms with Gasteiger partial charge in [-0.05, 0) is 25.7 Å². The Balaban J connectivity index is 1.33. The number of fused-ring (bicyclic) bond motifs is 1. The number of rotatable bonds is 31. The summed E-state index contributed by atoms with van der Waals surface area (Å²) >= 11 is 1.13. The van der Waals surface area contributed by atoms with Crippen LogP contribution in [0.1, 0.15) is 97.6 Å². The Labute approximate surface area is 381 Å². The number of aliphatic hydroxyl groups excluding tert-OH is 2. The smallest absolute Gasteiger partial charge is 0.274 e. The third-order valence-corrected chi connectivity index (χ3v) is 13.5. The SMILES string of the molecule is CCC/C=C\C=C/CCCCCCCCC(=O)SCCNC(=O)CCNC(=O)[C@H](O)C(C)(C)COP(=O)([O-])OP(=O)([O-])OC[C@H]1O[C@@H](n2cnc3c(N)ncnc32)[C@H](O)[C@@H]1OP(=O)([O-])[O-]. The molecule has 0 aromatic carbocycles. The number of nitrogens with one attached hydrogen (secondary N) is 2. The van der Waals surface area contributed by atoms with Gasteiger partial charge in [-0.15, -0.1) is 0 Å². The van der Waals surface area contributed by atoms with Crippen LogP contribution in [-0.4, -0.2) is 103 Å². The Kier molecular flexibility index (Phi) is 23.5. The Morgan fingerprint density at radius 2 is 1.62 bits per heavy atom. The molecule has 28 heteroatoms. The average molecular weight is 998 g/mol. The number of nitrogen functional groups attached to an aromatic ring is 1. The van der Waals surface area contributed by atoms with E-state index in [1.165, 1.54) is 13.8 Å². The maximum absolute atomic E-state index is 12.6. The second kappa shape index (κ2) is 27.1. The molecule has 0 aliphatic carbocycles. The summed E-state index contributed by atoms with van der Waals surface area (Å²) in [5.74, 6) is -1.15. The minimum absolute atomic E-state index is 0.0198. The van der Waals surface area contributed by atoms with Crippen molar-refractivity contribution in [3.05, 3.63) is 37.0 Å². The van der Waals surface area contributed by atoms with Gasteiger partial charge in [0, 0.05) is 37.1 Å². The maximum Gasteiger partial charge on any atom is 0.274 e. The molecular weight excluding hydrogens is 939 g/mol. The van der Waals surface area contributed by atoms with Crippen molar-refractivity contribution in [3.63, 3.8) is 0 Å². The molecule has 0 spiro atoms. The molecule has 0 saturated carbocycles. The van der Waals surface area contributed by atoms with Crippen LogP contribution in [0.4, 0.5) is 5.82 Å². The van der Waals surface area contributed by atoms with Crippen molar-refractivity contribution < 1.29 is 80.5 Å². The van der Waals surface area contributed by atoms with Crippen molar-refractivity contribution in [2.24, 2.45) is 5.41 Å². The summed E-state index contributed by atoms with van der Waals surface area (Å²) in [6.07, 6.45) is 11.0. The van der Waals surface area contributed by atoms with E-state index in [9.17, 15) is 57.9 Å². The van der Waals surface area contributed by atoms with Crippen LogP contribution in [0.3, 0.4) is 0 Å². The van der Waals surface area contributed by atoms with Gasteiger partial charge in [0.1, 0.15) is 36.3 Å². The van der Waals surface area contributed by atoms with Crippen molar-refractivity contribution in [1.29, 1.82) is 0 Å². The molecule has 2 unspecified atom stereocenters. The molecule has 1 saturated heterocycles. The summed E-state index contributed by atoms with van der Waals surface area (Å²) in [6.45, 7) is 2.30. The number of hydrogen-bond donors (Lipinski definition) is 5. The Morgan fingerprint density at radius 1 is 0.954 bits per heavy atom. The number of nitrogens with zero attached hydrogens (tertiary/aromatic N) is 4. The fraction of sp³-hybridized carbons (Fsp3) is 0.676. The van der Waals surface area contributed by atoms with Crippen LogP contribution in [-0.2, 0) is 50.7 Å². The minimum Gasteiger partial charge on any atom is -0.790 e.